The highest BCUT2D eigenvalue weighted by molar-refractivity contribution is 7.22. The first-order valence-electron chi connectivity index (χ1n) is 5.04. The molecular weight excluding hydrogens is 244 g/mol. The molecule has 2 aromatic rings. The molecule has 86 valence electrons. The second-order valence-electron chi connectivity index (χ2n) is 3.69. The second-order valence-corrected chi connectivity index (χ2v) is 5.13. The van der Waals surface area contributed by atoms with Crippen LogP contribution in [0.25, 0.3) is 10.2 Å². The van der Waals surface area contributed by atoms with Crippen molar-refractivity contribution in [2.75, 3.05) is 12.4 Å². The first-order valence-corrected chi connectivity index (χ1v) is 6.24. The molecule has 1 N–H and O–H groups in total. The number of nitrogens with zero attached hydrogens (tertiary/aromatic N) is 1. The third-order valence-electron chi connectivity index (χ3n) is 2.01. The summed E-state index contributed by atoms with van der Waals surface area (Å²) >= 11 is 7.72. The number of anilines is 1. The van der Waals surface area contributed by atoms with Gasteiger partial charge in [-0.15, -0.1) is 0 Å². The number of halogens is 1. The van der Waals surface area contributed by atoms with Gasteiger partial charge in [-0.2, -0.15) is 0 Å². The Labute approximate surface area is 103 Å². The Morgan fingerprint density at radius 1 is 1.44 bits per heavy atom. The molecule has 0 unspecified atom stereocenters. The number of thiazole rings is 1. The van der Waals surface area contributed by atoms with E-state index in [0.29, 0.717) is 5.02 Å². The van der Waals surface area contributed by atoms with Crippen molar-refractivity contribution in [2.24, 2.45) is 0 Å². The van der Waals surface area contributed by atoms with E-state index in [2.05, 4.69) is 10.3 Å². The van der Waals surface area contributed by atoms with Crippen LogP contribution < -0.4 is 10.1 Å². The molecule has 1 aromatic heterocycles. The summed E-state index contributed by atoms with van der Waals surface area (Å²) in [6.45, 7) is 3.98. The Hall–Kier alpha value is -1.000. The average Bonchev–Trinajstić information content (AvgIpc) is 2.60. The Balaban J connectivity index is 2.48. The van der Waals surface area contributed by atoms with Crippen LogP contribution in [0.15, 0.2) is 12.1 Å². The van der Waals surface area contributed by atoms with E-state index >= 15 is 0 Å². The number of hydrogen-bond donors (Lipinski definition) is 1. The van der Waals surface area contributed by atoms with Gasteiger partial charge in [0.2, 0.25) is 0 Å². The van der Waals surface area contributed by atoms with Crippen LogP contribution in [-0.4, -0.2) is 18.1 Å². The third-order valence-corrected chi connectivity index (χ3v) is 3.32. The van der Waals surface area contributed by atoms with Crippen LogP contribution in [0.3, 0.4) is 0 Å². The zero-order chi connectivity index (χ0) is 11.7. The molecule has 3 nitrogen and oxygen atoms in total. The highest BCUT2D eigenvalue weighted by Crippen LogP contribution is 2.34. The molecular formula is C11H13ClN2OS. The first-order chi connectivity index (χ1) is 7.60. The normalized spacial score (nSPS) is 11.1. The molecule has 0 amide bonds. The van der Waals surface area contributed by atoms with Crippen LogP contribution in [-0.2, 0) is 0 Å². The number of aromatic nitrogens is 1. The van der Waals surface area contributed by atoms with Crippen molar-refractivity contribution in [1.82, 2.24) is 4.98 Å². The Morgan fingerprint density at radius 2 is 2.19 bits per heavy atom. The van der Waals surface area contributed by atoms with Gasteiger partial charge in [-0.05, 0) is 19.9 Å². The summed E-state index contributed by atoms with van der Waals surface area (Å²) in [6, 6.07) is 3.78. The molecule has 0 aliphatic carbocycles. The van der Waals surface area contributed by atoms with Crippen molar-refractivity contribution in [1.29, 1.82) is 0 Å². The van der Waals surface area contributed by atoms with Crippen molar-refractivity contribution >= 4 is 38.3 Å². The van der Waals surface area contributed by atoms with Crippen LogP contribution in [0.5, 0.6) is 5.75 Å². The van der Waals surface area contributed by atoms with Crippen molar-refractivity contribution in [3.05, 3.63) is 17.2 Å². The largest absolute Gasteiger partial charge is 0.491 e. The predicted octanol–water partition coefficient (Wildman–Crippen LogP) is 3.78. The maximum Gasteiger partial charge on any atom is 0.183 e. The highest BCUT2D eigenvalue weighted by Gasteiger charge is 2.09. The van der Waals surface area contributed by atoms with Gasteiger partial charge in [0.1, 0.15) is 11.3 Å². The van der Waals surface area contributed by atoms with Crippen LogP contribution in [0.1, 0.15) is 13.8 Å². The van der Waals surface area contributed by atoms with Gasteiger partial charge in [-0.3, -0.25) is 0 Å². The zero-order valence-corrected chi connectivity index (χ0v) is 10.9. The smallest absolute Gasteiger partial charge is 0.183 e. The molecule has 1 aromatic carbocycles. The van der Waals surface area contributed by atoms with Gasteiger partial charge in [-0.1, -0.05) is 22.9 Å². The molecule has 0 aliphatic rings. The fourth-order valence-electron chi connectivity index (χ4n) is 1.41. The molecule has 2 rings (SSSR count). The fraction of sp³-hybridized carbons (Fsp3) is 0.364. The van der Waals surface area contributed by atoms with Gasteiger partial charge in [0, 0.05) is 13.1 Å². The maximum atomic E-state index is 6.15. The number of nitrogens with one attached hydrogen (secondary N) is 1. The molecule has 0 atom stereocenters. The molecule has 1 heterocycles. The summed E-state index contributed by atoms with van der Waals surface area (Å²) in [5.74, 6) is 0.791. The van der Waals surface area contributed by atoms with E-state index in [1.54, 1.807) is 11.3 Å². The van der Waals surface area contributed by atoms with E-state index in [9.17, 15) is 0 Å². The van der Waals surface area contributed by atoms with Crippen LogP contribution >= 0.6 is 22.9 Å². The van der Waals surface area contributed by atoms with E-state index in [1.807, 2.05) is 33.0 Å². The highest BCUT2D eigenvalue weighted by atomic mass is 35.5. The van der Waals surface area contributed by atoms with Gasteiger partial charge in [0.15, 0.2) is 5.13 Å². The number of rotatable bonds is 3. The first kappa shape index (κ1) is 11.5. The average molecular weight is 257 g/mol. The Kier molecular flexibility index (Phi) is 3.21. The van der Waals surface area contributed by atoms with E-state index in [0.717, 1.165) is 21.1 Å². The second kappa shape index (κ2) is 4.47. The van der Waals surface area contributed by atoms with E-state index in [-0.39, 0.29) is 6.10 Å². The molecule has 0 aliphatic heterocycles. The van der Waals surface area contributed by atoms with Crippen molar-refractivity contribution < 1.29 is 4.74 Å². The van der Waals surface area contributed by atoms with E-state index in [1.165, 1.54) is 0 Å². The van der Waals surface area contributed by atoms with E-state index < -0.39 is 0 Å². The summed E-state index contributed by atoms with van der Waals surface area (Å²) in [5, 5.41) is 4.50. The quantitative estimate of drug-likeness (QED) is 0.908. The van der Waals surface area contributed by atoms with Gasteiger partial charge in [0.25, 0.3) is 0 Å². The topological polar surface area (TPSA) is 34.2 Å². The summed E-state index contributed by atoms with van der Waals surface area (Å²) < 4.78 is 6.65. The van der Waals surface area contributed by atoms with Gasteiger partial charge in [-0.25, -0.2) is 4.98 Å². The molecule has 16 heavy (non-hydrogen) atoms. The maximum absolute atomic E-state index is 6.15. The van der Waals surface area contributed by atoms with Crippen LogP contribution in [0.2, 0.25) is 5.02 Å². The Morgan fingerprint density at radius 3 is 2.81 bits per heavy atom. The lowest BCUT2D eigenvalue weighted by molar-refractivity contribution is 0.243. The third kappa shape index (κ3) is 2.23. The van der Waals surface area contributed by atoms with Crippen molar-refractivity contribution in [2.45, 2.75) is 20.0 Å². The summed E-state index contributed by atoms with van der Waals surface area (Å²) in [7, 11) is 1.84. The minimum atomic E-state index is 0.144. The fourth-order valence-corrected chi connectivity index (χ4v) is 2.59. The molecule has 0 spiro atoms. The van der Waals surface area contributed by atoms with Gasteiger partial charge in [0.05, 0.1) is 15.8 Å². The molecule has 0 saturated heterocycles. The zero-order valence-electron chi connectivity index (χ0n) is 9.37. The summed E-state index contributed by atoms with van der Waals surface area (Å²) in [5.41, 5.74) is 0.826. The standard InChI is InChI=1S/C11H13ClN2OS/c1-6(2)15-7-4-8(12)10-9(5-7)16-11(13-3)14-10/h4-6H,1-3H3,(H,13,14). The van der Waals surface area contributed by atoms with Crippen molar-refractivity contribution in [3.63, 3.8) is 0 Å². The lowest BCUT2D eigenvalue weighted by atomic mass is 10.3. The monoisotopic (exact) mass is 256 g/mol. The predicted molar refractivity (Wildman–Crippen MR) is 69.9 cm³/mol. The molecule has 0 bridgehead atoms. The molecule has 0 radical (unpaired) electrons. The molecule has 0 saturated carbocycles. The van der Waals surface area contributed by atoms with E-state index in [4.69, 9.17) is 16.3 Å². The van der Waals surface area contributed by atoms with Crippen LogP contribution in [0, 0.1) is 0 Å². The number of ether oxygens (including phenoxy) is 1. The number of hydrogen-bond acceptors (Lipinski definition) is 4. The lowest BCUT2D eigenvalue weighted by Gasteiger charge is -2.09. The SMILES string of the molecule is CNc1nc2c(Cl)cc(OC(C)C)cc2s1. The lowest BCUT2D eigenvalue weighted by Crippen LogP contribution is -2.05. The Bertz CT molecular complexity index is 510. The van der Waals surface area contributed by atoms with Crippen LogP contribution in [0.4, 0.5) is 5.13 Å². The van der Waals surface area contributed by atoms with Gasteiger partial charge < -0.3 is 10.1 Å². The van der Waals surface area contributed by atoms with Gasteiger partial charge >= 0.3 is 0 Å². The minimum Gasteiger partial charge on any atom is -0.491 e. The summed E-state index contributed by atoms with van der Waals surface area (Å²) in [4.78, 5) is 4.37. The summed E-state index contributed by atoms with van der Waals surface area (Å²) in [6.07, 6.45) is 0.144. The number of benzene rings is 1. The van der Waals surface area contributed by atoms with Crippen molar-refractivity contribution in [3.8, 4) is 5.75 Å². The minimum absolute atomic E-state index is 0.144. The number of fused-ring (bicyclic) bond motifs is 1. The molecule has 0 fully saturated rings. The molecule has 5 heteroatoms.